The molecule has 0 saturated carbocycles. The Bertz CT molecular complexity index is 476. The third kappa shape index (κ3) is 5.84. The number of allylic oxidation sites excluding steroid dienone is 1. The first-order valence-corrected chi connectivity index (χ1v) is 11.2. The van der Waals surface area contributed by atoms with Gasteiger partial charge in [-0.05, 0) is 65.6 Å². The number of hydrogen-bond acceptors (Lipinski definition) is 1. The summed E-state index contributed by atoms with van der Waals surface area (Å²) < 4.78 is 0. The van der Waals surface area contributed by atoms with E-state index in [1.165, 1.54) is 6.42 Å². The van der Waals surface area contributed by atoms with Crippen molar-refractivity contribution in [1.82, 2.24) is 0 Å². The fraction of sp³-hybridized carbons (Fsp3) is 0.923. The summed E-state index contributed by atoms with van der Waals surface area (Å²) in [6.45, 7) is 35.0. The fourth-order valence-corrected chi connectivity index (χ4v) is 4.44. The van der Waals surface area contributed by atoms with E-state index in [1.54, 1.807) is 0 Å². The molecule has 1 nitrogen and oxygen atoms in total. The first-order valence-electron chi connectivity index (χ1n) is 11.2. The summed E-state index contributed by atoms with van der Waals surface area (Å²) in [6.07, 6.45) is 5.37. The van der Waals surface area contributed by atoms with Gasteiger partial charge in [-0.15, -0.1) is 6.58 Å². The molecule has 0 saturated heterocycles. The molecule has 2 N–H and O–H groups in total. The minimum atomic E-state index is -0.227. The lowest BCUT2D eigenvalue weighted by Crippen LogP contribution is -2.56. The largest absolute Gasteiger partial charge is 0.325 e. The second kappa shape index (κ2) is 8.60. The molecular formula is C26H53N. The van der Waals surface area contributed by atoms with Crippen molar-refractivity contribution in [3.8, 4) is 0 Å². The molecule has 27 heavy (non-hydrogen) atoms. The van der Waals surface area contributed by atoms with Gasteiger partial charge in [0.05, 0.1) is 0 Å². The highest BCUT2D eigenvalue weighted by Gasteiger charge is 2.48. The van der Waals surface area contributed by atoms with Gasteiger partial charge in [0.25, 0.3) is 0 Å². The lowest BCUT2D eigenvalue weighted by Gasteiger charge is -2.53. The summed E-state index contributed by atoms with van der Waals surface area (Å²) in [6, 6.07) is 0. The molecule has 0 heterocycles. The Kier molecular flexibility index (Phi) is 8.50. The maximum atomic E-state index is 6.94. The van der Waals surface area contributed by atoms with Crippen molar-refractivity contribution in [1.29, 1.82) is 0 Å². The van der Waals surface area contributed by atoms with Crippen molar-refractivity contribution in [3.63, 3.8) is 0 Å². The van der Waals surface area contributed by atoms with Gasteiger partial charge in [0, 0.05) is 5.54 Å². The molecule has 0 amide bonds. The molecule has 0 aliphatic rings. The highest BCUT2D eigenvalue weighted by Crippen LogP contribution is 2.53. The van der Waals surface area contributed by atoms with Crippen LogP contribution in [0, 0.1) is 39.4 Å². The summed E-state index contributed by atoms with van der Waals surface area (Å²) in [5.74, 6) is 1.79. The molecule has 0 aliphatic carbocycles. The standard InChI is InChI=1S/C26H53N/c1-15-16-23(8,9)26(14,27)21(5)18-24(10,11)25(12,13)20(4)17-22(6,7)19(2)3/h15,19-21H,1,16-18,27H2,2-14H3. The predicted octanol–water partition coefficient (Wildman–Crippen LogP) is 8.09. The first-order chi connectivity index (χ1) is 11.8. The topological polar surface area (TPSA) is 26.0 Å². The lowest BCUT2D eigenvalue weighted by atomic mass is 9.53. The summed E-state index contributed by atoms with van der Waals surface area (Å²) in [7, 11) is 0. The lowest BCUT2D eigenvalue weighted by molar-refractivity contribution is -0.0169. The highest BCUT2D eigenvalue weighted by molar-refractivity contribution is 5.03. The van der Waals surface area contributed by atoms with Gasteiger partial charge < -0.3 is 5.73 Å². The Labute approximate surface area is 173 Å². The van der Waals surface area contributed by atoms with E-state index in [1.807, 2.05) is 6.08 Å². The van der Waals surface area contributed by atoms with E-state index in [9.17, 15) is 0 Å². The summed E-state index contributed by atoms with van der Waals surface area (Å²) in [5.41, 5.74) is 7.58. The number of hydrogen-bond donors (Lipinski definition) is 1. The van der Waals surface area contributed by atoms with Gasteiger partial charge in [0.1, 0.15) is 0 Å². The number of rotatable bonds is 11. The maximum Gasteiger partial charge on any atom is 0.0206 e. The van der Waals surface area contributed by atoms with Crippen LogP contribution >= 0.6 is 0 Å². The van der Waals surface area contributed by atoms with Crippen LogP contribution in [0.2, 0.25) is 0 Å². The zero-order valence-electron chi connectivity index (χ0n) is 21.2. The molecule has 0 fully saturated rings. The molecule has 0 spiro atoms. The summed E-state index contributed by atoms with van der Waals surface area (Å²) in [4.78, 5) is 0. The van der Waals surface area contributed by atoms with Gasteiger partial charge in [0.2, 0.25) is 0 Å². The molecule has 1 heteroatoms. The zero-order chi connectivity index (χ0) is 22.1. The predicted molar refractivity (Wildman–Crippen MR) is 125 cm³/mol. The van der Waals surface area contributed by atoms with E-state index >= 15 is 0 Å². The molecule has 0 radical (unpaired) electrons. The SMILES string of the molecule is C=CCC(C)(C)C(C)(N)C(C)CC(C)(C)C(C)(C)C(C)CC(C)(C)C(C)C. The Hall–Kier alpha value is -0.300. The molecule has 0 aromatic heterocycles. The molecule has 0 bridgehead atoms. The third-order valence-electron chi connectivity index (χ3n) is 9.32. The zero-order valence-corrected chi connectivity index (χ0v) is 21.2. The molecule has 3 atom stereocenters. The normalized spacial score (nSPS) is 18.9. The average molecular weight is 380 g/mol. The van der Waals surface area contributed by atoms with Crippen LogP contribution in [-0.4, -0.2) is 5.54 Å². The van der Waals surface area contributed by atoms with E-state index in [2.05, 4.69) is 96.6 Å². The van der Waals surface area contributed by atoms with Crippen molar-refractivity contribution >= 4 is 0 Å². The molecule has 3 unspecified atom stereocenters. The van der Waals surface area contributed by atoms with Crippen LogP contribution in [0.5, 0.6) is 0 Å². The second-order valence-corrected chi connectivity index (χ2v) is 12.6. The van der Waals surface area contributed by atoms with Gasteiger partial charge in [-0.3, -0.25) is 0 Å². The van der Waals surface area contributed by atoms with Crippen LogP contribution in [-0.2, 0) is 0 Å². The minimum Gasteiger partial charge on any atom is -0.325 e. The first kappa shape index (κ1) is 26.7. The minimum absolute atomic E-state index is 0.0413. The van der Waals surface area contributed by atoms with Crippen LogP contribution in [0.15, 0.2) is 12.7 Å². The highest BCUT2D eigenvalue weighted by atomic mass is 14.8. The summed E-state index contributed by atoms with van der Waals surface area (Å²) >= 11 is 0. The van der Waals surface area contributed by atoms with Crippen molar-refractivity contribution in [2.75, 3.05) is 0 Å². The Balaban J connectivity index is 5.51. The smallest absolute Gasteiger partial charge is 0.0206 e. The van der Waals surface area contributed by atoms with Crippen LogP contribution in [0.4, 0.5) is 0 Å². The Morgan fingerprint density at radius 1 is 0.741 bits per heavy atom. The van der Waals surface area contributed by atoms with Crippen LogP contribution in [0.3, 0.4) is 0 Å². The molecule has 0 rings (SSSR count). The van der Waals surface area contributed by atoms with Gasteiger partial charge in [-0.1, -0.05) is 89.2 Å². The van der Waals surface area contributed by atoms with E-state index < -0.39 is 0 Å². The van der Waals surface area contributed by atoms with Crippen molar-refractivity contribution in [2.45, 2.75) is 115 Å². The summed E-state index contributed by atoms with van der Waals surface area (Å²) in [5, 5.41) is 0. The third-order valence-corrected chi connectivity index (χ3v) is 9.32. The molecule has 0 aromatic rings. The van der Waals surface area contributed by atoms with Gasteiger partial charge in [0.15, 0.2) is 0 Å². The quantitative estimate of drug-likeness (QED) is 0.360. The Morgan fingerprint density at radius 3 is 1.56 bits per heavy atom. The molecule has 162 valence electrons. The van der Waals surface area contributed by atoms with Gasteiger partial charge in [-0.2, -0.15) is 0 Å². The van der Waals surface area contributed by atoms with Crippen LogP contribution < -0.4 is 5.73 Å². The van der Waals surface area contributed by atoms with E-state index in [0.29, 0.717) is 23.2 Å². The van der Waals surface area contributed by atoms with E-state index in [-0.39, 0.29) is 21.8 Å². The van der Waals surface area contributed by atoms with Crippen molar-refractivity contribution in [2.24, 2.45) is 45.1 Å². The van der Waals surface area contributed by atoms with Crippen LogP contribution in [0.25, 0.3) is 0 Å². The molecule has 0 aromatic carbocycles. The van der Waals surface area contributed by atoms with Crippen LogP contribution in [0.1, 0.15) is 109 Å². The molecular weight excluding hydrogens is 326 g/mol. The second-order valence-electron chi connectivity index (χ2n) is 12.6. The maximum absolute atomic E-state index is 6.94. The Morgan fingerprint density at radius 2 is 1.19 bits per heavy atom. The van der Waals surface area contributed by atoms with Gasteiger partial charge >= 0.3 is 0 Å². The van der Waals surface area contributed by atoms with Gasteiger partial charge in [-0.25, -0.2) is 0 Å². The van der Waals surface area contributed by atoms with E-state index in [0.717, 1.165) is 12.8 Å². The average Bonchev–Trinajstić information content (AvgIpc) is 2.45. The van der Waals surface area contributed by atoms with Crippen molar-refractivity contribution < 1.29 is 0 Å². The van der Waals surface area contributed by atoms with Crippen molar-refractivity contribution in [3.05, 3.63) is 12.7 Å². The fourth-order valence-electron chi connectivity index (χ4n) is 4.44. The number of nitrogens with two attached hydrogens (primary N) is 1. The molecule has 0 aliphatic heterocycles. The van der Waals surface area contributed by atoms with E-state index in [4.69, 9.17) is 5.73 Å². The monoisotopic (exact) mass is 379 g/mol.